The molecule has 0 radical (unpaired) electrons. The molecule has 4 nitrogen and oxygen atoms in total. The number of nitrogens with zero attached hydrogens (tertiary/aromatic N) is 2. The van der Waals surface area contributed by atoms with Crippen molar-refractivity contribution in [3.8, 4) is 0 Å². The number of non-ortho nitro benzene ring substituents is 1. The minimum Gasteiger partial charge on any atom is -0.258 e. The molecule has 0 aliphatic rings. The number of hydrogen-bond acceptors (Lipinski definition) is 3. The van der Waals surface area contributed by atoms with E-state index < -0.39 is 16.3 Å². The molecule has 0 saturated heterocycles. The Hall–Kier alpha value is -1.15. The Kier molecular flexibility index (Phi) is 4.10. The summed E-state index contributed by atoms with van der Waals surface area (Å²) in [6, 6.07) is 3.14. The molecule has 0 amide bonds. The maximum atomic E-state index is 12.1. The van der Waals surface area contributed by atoms with Crippen LogP contribution in [0.5, 0.6) is 0 Å². The van der Waals surface area contributed by atoms with Crippen LogP contribution in [0.2, 0.25) is 0 Å². The average Bonchev–Trinajstić information content (AvgIpc) is 2.19. The van der Waals surface area contributed by atoms with Gasteiger partial charge in [0, 0.05) is 12.1 Å². The highest BCUT2D eigenvalue weighted by atomic mass is 79.9. The van der Waals surface area contributed by atoms with Gasteiger partial charge in [-0.1, -0.05) is 11.6 Å². The Bertz CT molecular complexity index is 490. The normalized spacial score (nSPS) is 12.6. The number of benzene rings is 1. The number of halogens is 5. The molecule has 0 spiro atoms. The Balaban J connectivity index is 3.14. The standard InChI is InChI=1S/C8H3BrClF3N2O2/c9-5-3-4(15(16)17)1-2-6(5)14-7(10)8(11,12)13/h1-3H. The fourth-order valence-electron chi connectivity index (χ4n) is 0.869. The van der Waals surface area contributed by atoms with Gasteiger partial charge in [0.2, 0.25) is 5.17 Å². The molecule has 17 heavy (non-hydrogen) atoms. The second-order valence-corrected chi connectivity index (χ2v) is 4.01. The SMILES string of the molecule is O=[N+]([O-])c1ccc(N=C(Cl)C(F)(F)F)c(Br)c1. The molecular formula is C8H3BrClF3N2O2. The van der Waals surface area contributed by atoms with Crippen LogP contribution in [0.4, 0.5) is 24.5 Å². The van der Waals surface area contributed by atoms with Gasteiger partial charge >= 0.3 is 6.18 Å². The molecular weight excluding hydrogens is 328 g/mol. The van der Waals surface area contributed by atoms with Crippen LogP contribution in [0.1, 0.15) is 0 Å². The van der Waals surface area contributed by atoms with Crippen molar-refractivity contribution in [2.45, 2.75) is 6.18 Å². The molecule has 1 aromatic rings. The summed E-state index contributed by atoms with van der Waals surface area (Å²) in [5.74, 6) is 0. The lowest BCUT2D eigenvalue weighted by Gasteiger charge is -2.04. The van der Waals surface area contributed by atoms with Gasteiger partial charge in [-0.25, -0.2) is 4.99 Å². The Morgan fingerprint density at radius 2 is 2.06 bits per heavy atom. The highest BCUT2D eigenvalue weighted by Gasteiger charge is 2.34. The summed E-state index contributed by atoms with van der Waals surface area (Å²) >= 11 is 7.81. The van der Waals surface area contributed by atoms with Crippen LogP contribution in [0.25, 0.3) is 0 Å². The predicted molar refractivity (Wildman–Crippen MR) is 59.8 cm³/mol. The van der Waals surface area contributed by atoms with E-state index in [1.54, 1.807) is 0 Å². The van der Waals surface area contributed by atoms with E-state index in [-0.39, 0.29) is 15.8 Å². The molecule has 9 heteroatoms. The Labute approximate surface area is 106 Å². The van der Waals surface area contributed by atoms with Gasteiger partial charge in [0.15, 0.2) is 0 Å². The topological polar surface area (TPSA) is 55.5 Å². The van der Waals surface area contributed by atoms with Gasteiger partial charge < -0.3 is 0 Å². The third kappa shape index (κ3) is 3.67. The number of aliphatic imine (C=N–C) groups is 1. The lowest BCUT2D eigenvalue weighted by molar-refractivity contribution is -0.384. The molecule has 1 rings (SSSR count). The van der Waals surface area contributed by atoms with Crippen LogP contribution < -0.4 is 0 Å². The minimum atomic E-state index is -4.75. The Morgan fingerprint density at radius 3 is 2.47 bits per heavy atom. The van der Waals surface area contributed by atoms with Gasteiger partial charge in [-0.2, -0.15) is 13.2 Å². The third-order valence-corrected chi connectivity index (χ3v) is 2.53. The first-order valence-electron chi connectivity index (χ1n) is 3.97. The monoisotopic (exact) mass is 330 g/mol. The zero-order valence-electron chi connectivity index (χ0n) is 7.83. The summed E-state index contributed by atoms with van der Waals surface area (Å²) in [6.45, 7) is 0. The lowest BCUT2D eigenvalue weighted by Crippen LogP contribution is -2.16. The molecule has 0 bridgehead atoms. The van der Waals surface area contributed by atoms with Gasteiger partial charge in [-0.15, -0.1) is 0 Å². The highest BCUT2D eigenvalue weighted by Crippen LogP contribution is 2.31. The quantitative estimate of drug-likeness (QED) is 0.463. The minimum absolute atomic E-state index is 0.0501. The van der Waals surface area contributed by atoms with E-state index in [2.05, 4.69) is 20.9 Å². The van der Waals surface area contributed by atoms with Crippen molar-refractivity contribution in [3.63, 3.8) is 0 Å². The molecule has 0 N–H and O–H groups in total. The fraction of sp³-hybridized carbons (Fsp3) is 0.125. The van der Waals surface area contributed by atoms with Crippen LogP contribution >= 0.6 is 27.5 Å². The summed E-state index contributed by atoms with van der Waals surface area (Å²) in [4.78, 5) is 12.8. The first-order valence-corrected chi connectivity index (χ1v) is 5.14. The largest absolute Gasteiger partial charge is 0.444 e. The molecule has 0 aliphatic heterocycles. The first kappa shape index (κ1) is 13.9. The smallest absolute Gasteiger partial charge is 0.258 e. The predicted octanol–water partition coefficient (Wildman–Crippen LogP) is 4.19. The van der Waals surface area contributed by atoms with E-state index in [0.29, 0.717) is 0 Å². The van der Waals surface area contributed by atoms with Crippen LogP contribution in [0, 0.1) is 10.1 Å². The van der Waals surface area contributed by atoms with Gasteiger partial charge in [0.25, 0.3) is 5.69 Å². The highest BCUT2D eigenvalue weighted by molar-refractivity contribution is 9.10. The summed E-state index contributed by atoms with van der Waals surface area (Å²) in [5, 5.41) is 8.84. The maximum absolute atomic E-state index is 12.1. The second-order valence-electron chi connectivity index (χ2n) is 2.79. The summed E-state index contributed by atoms with van der Waals surface area (Å²) in [6.07, 6.45) is -4.75. The van der Waals surface area contributed by atoms with Crippen LogP contribution in [0.3, 0.4) is 0 Å². The summed E-state index contributed by atoms with van der Waals surface area (Å²) in [7, 11) is 0. The molecule has 0 fully saturated rings. The van der Waals surface area contributed by atoms with Crippen molar-refractivity contribution >= 4 is 44.1 Å². The third-order valence-electron chi connectivity index (χ3n) is 1.59. The lowest BCUT2D eigenvalue weighted by atomic mass is 10.3. The Morgan fingerprint density at radius 1 is 1.47 bits per heavy atom. The molecule has 92 valence electrons. The van der Waals surface area contributed by atoms with E-state index in [1.165, 1.54) is 0 Å². The van der Waals surface area contributed by atoms with Crippen molar-refractivity contribution in [3.05, 3.63) is 32.8 Å². The van der Waals surface area contributed by atoms with Gasteiger partial charge in [0.05, 0.1) is 15.1 Å². The summed E-state index contributed by atoms with van der Waals surface area (Å²) in [5.41, 5.74) is -0.406. The van der Waals surface area contributed by atoms with Crippen LogP contribution in [0.15, 0.2) is 27.7 Å². The molecule has 0 unspecified atom stereocenters. The number of nitro groups is 1. The first-order chi connectivity index (χ1) is 7.71. The van der Waals surface area contributed by atoms with Crippen molar-refractivity contribution < 1.29 is 18.1 Å². The van der Waals surface area contributed by atoms with E-state index in [1.807, 2.05) is 0 Å². The van der Waals surface area contributed by atoms with Crippen LogP contribution in [-0.2, 0) is 0 Å². The van der Waals surface area contributed by atoms with Crippen LogP contribution in [-0.4, -0.2) is 16.3 Å². The van der Waals surface area contributed by atoms with Gasteiger partial charge in [-0.3, -0.25) is 10.1 Å². The molecule has 1 aromatic carbocycles. The van der Waals surface area contributed by atoms with Gasteiger partial charge in [-0.05, 0) is 22.0 Å². The summed E-state index contributed by atoms with van der Waals surface area (Å²) < 4.78 is 36.3. The molecule has 0 heterocycles. The van der Waals surface area contributed by atoms with Gasteiger partial charge in [0.1, 0.15) is 0 Å². The van der Waals surface area contributed by atoms with Crippen molar-refractivity contribution in [2.75, 3.05) is 0 Å². The van der Waals surface area contributed by atoms with Crippen molar-refractivity contribution in [1.29, 1.82) is 0 Å². The maximum Gasteiger partial charge on any atom is 0.444 e. The number of hydrogen-bond donors (Lipinski definition) is 0. The van der Waals surface area contributed by atoms with E-state index in [4.69, 9.17) is 11.6 Å². The molecule has 0 saturated carbocycles. The number of alkyl halides is 3. The zero-order valence-corrected chi connectivity index (χ0v) is 10.2. The second kappa shape index (κ2) is 5.01. The van der Waals surface area contributed by atoms with E-state index >= 15 is 0 Å². The number of rotatable bonds is 2. The van der Waals surface area contributed by atoms with E-state index in [9.17, 15) is 23.3 Å². The molecule has 0 aliphatic carbocycles. The fourth-order valence-corrected chi connectivity index (χ4v) is 1.42. The zero-order chi connectivity index (χ0) is 13.2. The van der Waals surface area contributed by atoms with Crippen molar-refractivity contribution in [2.24, 2.45) is 4.99 Å². The molecule has 0 aromatic heterocycles. The average molecular weight is 331 g/mol. The molecule has 0 atom stereocenters. The van der Waals surface area contributed by atoms with Crippen molar-refractivity contribution in [1.82, 2.24) is 0 Å². The number of nitro benzene ring substituents is 1. The van der Waals surface area contributed by atoms with E-state index in [0.717, 1.165) is 18.2 Å².